The number of thiophene rings is 1. The summed E-state index contributed by atoms with van der Waals surface area (Å²) < 4.78 is 13.8. The number of hydrogen-bond acceptors (Lipinski definition) is 2. The minimum atomic E-state index is -0.556. The summed E-state index contributed by atoms with van der Waals surface area (Å²) in [7, 11) is 0. The molecule has 0 aliphatic carbocycles. The zero-order valence-electron chi connectivity index (χ0n) is 12.3. The van der Waals surface area contributed by atoms with Crippen molar-refractivity contribution in [1.82, 2.24) is 0 Å². The lowest BCUT2D eigenvalue weighted by Crippen LogP contribution is -2.12. The largest absolute Gasteiger partial charge is 0.319 e. The molecule has 0 bridgehead atoms. The van der Waals surface area contributed by atoms with Crippen LogP contribution in [-0.2, 0) is 0 Å². The van der Waals surface area contributed by atoms with Crippen molar-refractivity contribution >= 4 is 34.5 Å². The molecule has 0 radical (unpaired) electrons. The van der Waals surface area contributed by atoms with Gasteiger partial charge in [0.05, 0.1) is 10.6 Å². The van der Waals surface area contributed by atoms with Crippen LogP contribution in [0.4, 0.5) is 10.1 Å². The van der Waals surface area contributed by atoms with Crippen molar-refractivity contribution in [2.75, 3.05) is 5.32 Å². The topological polar surface area (TPSA) is 29.1 Å². The molecule has 1 N–H and O–H groups in total. The number of carbonyl (C=O) groups is 1. The number of hydrogen-bond donors (Lipinski definition) is 1. The Morgan fingerprint density at radius 3 is 2.57 bits per heavy atom. The van der Waals surface area contributed by atoms with Crippen LogP contribution in [-0.4, -0.2) is 5.91 Å². The summed E-state index contributed by atoms with van der Waals surface area (Å²) in [5, 5.41) is 4.74. The number of amides is 1. The molecule has 0 spiro atoms. The van der Waals surface area contributed by atoms with Gasteiger partial charge in [0.25, 0.3) is 5.91 Å². The molecule has 1 heterocycles. The fraction of sp³-hybridized carbons (Fsp3) is 0.0556. The molecular weight excluding hydrogens is 333 g/mol. The van der Waals surface area contributed by atoms with Gasteiger partial charge in [0.2, 0.25) is 0 Å². The first-order valence-electron chi connectivity index (χ1n) is 6.95. The van der Waals surface area contributed by atoms with Gasteiger partial charge in [0.1, 0.15) is 5.82 Å². The van der Waals surface area contributed by atoms with Gasteiger partial charge < -0.3 is 5.32 Å². The van der Waals surface area contributed by atoms with Gasteiger partial charge in [-0.25, -0.2) is 4.39 Å². The van der Waals surface area contributed by atoms with Crippen LogP contribution in [0, 0.1) is 12.7 Å². The molecule has 1 amide bonds. The van der Waals surface area contributed by atoms with Gasteiger partial charge in [-0.2, -0.15) is 0 Å². The molecule has 23 heavy (non-hydrogen) atoms. The van der Waals surface area contributed by atoms with Gasteiger partial charge >= 0.3 is 0 Å². The summed E-state index contributed by atoms with van der Waals surface area (Å²) in [5.41, 5.74) is 3.06. The average Bonchev–Trinajstić information content (AvgIpc) is 3.00. The first kappa shape index (κ1) is 15.7. The van der Waals surface area contributed by atoms with E-state index >= 15 is 0 Å². The quantitative estimate of drug-likeness (QED) is 0.641. The van der Waals surface area contributed by atoms with E-state index in [1.165, 1.54) is 29.5 Å². The van der Waals surface area contributed by atoms with E-state index in [1.54, 1.807) is 0 Å². The zero-order valence-corrected chi connectivity index (χ0v) is 13.8. The molecule has 0 aliphatic heterocycles. The minimum absolute atomic E-state index is 0.114. The number of aryl methyl sites for hydroxylation is 1. The second-order valence-electron chi connectivity index (χ2n) is 5.11. The van der Waals surface area contributed by atoms with Gasteiger partial charge in [0.15, 0.2) is 0 Å². The zero-order chi connectivity index (χ0) is 16.4. The Morgan fingerprint density at radius 2 is 1.87 bits per heavy atom. The summed E-state index contributed by atoms with van der Waals surface area (Å²) in [6.07, 6.45) is 0. The molecule has 5 heteroatoms. The lowest BCUT2D eigenvalue weighted by Gasteiger charge is -2.08. The highest BCUT2D eigenvalue weighted by molar-refractivity contribution is 7.12. The maximum Gasteiger partial charge on any atom is 0.266 e. The molecule has 0 unspecified atom stereocenters. The van der Waals surface area contributed by atoms with Crippen LogP contribution < -0.4 is 5.32 Å². The Bertz CT molecular complexity index is 858. The summed E-state index contributed by atoms with van der Waals surface area (Å²) in [5.74, 6) is -0.893. The van der Waals surface area contributed by atoms with Crippen LogP contribution in [0.1, 0.15) is 15.2 Å². The molecule has 1 aromatic heterocycles. The fourth-order valence-corrected chi connectivity index (χ4v) is 3.19. The normalized spacial score (nSPS) is 10.6. The monoisotopic (exact) mass is 345 g/mol. The molecule has 2 nitrogen and oxygen atoms in total. The van der Waals surface area contributed by atoms with Gasteiger partial charge in [-0.15, -0.1) is 11.3 Å². The Balaban J connectivity index is 1.89. The lowest BCUT2D eigenvalue weighted by atomic mass is 10.0. The Hall–Kier alpha value is -2.17. The van der Waals surface area contributed by atoms with E-state index in [4.69, 9.17) is 11.6 Å². The maximum atomic E-state index is 13.8. The first-order valence-corrected chi connectivity index (χ1v) is 8.21. The molecule has 116 valence electrons. The van der Waals surface area contributed by atoms with Crippen molar-refractivity contribution < 1.29 is 9.18 Å². The maximum absolute atomic E-state index is 13.8. The predicted molar refractivity (Wildman–Crippen MR) is 93.9 cm³/mol. The minimum Gasteiger partial charge on any atom is -0.319 e. The molecule has 0 fully saturated rings. The van der Waals surface area contributed by atoms with Gasteiger partial charge in [0, 0.05) is 10.6 Å². The molecular formula is C18H13ClFNOS. The number of halogens is 2. The van der Waals surface area contributed by atoms with Crippen LogP contribution >= 0.6 is 22.9 Å². The molecule has 0 aliphatic rings. The highest BCUT2D eigenvalue weighted by Gasteiger charge is 2.16. The highest BCUT2D eigenvalue weighted by Crippen LogP contribution is 2.30. The van der Waals surface area contributed by atoms with E-state index < -0.39 is 5.82 Å². The smallest absolute Gasteiger partial charge is 0.266 e. The van der Waals surface area contributed by atoms with Crippen LogP contribution in [0.25, 0.3) is 11.1 Å². The van der Waals surface area contributed by atoms with Crippen molar-refractivity contribution in [2.45, 2.75) is 6.92 Å². The number of anilines is 1. The number of nitrogens with one attached hydrogen (secondary N) is 1. The van der Waals surface area contributed by atoms with Crippen LogP contribution in [0.3, 0.4) is 0 Å². The second kappa shape index (κ2) is 6.52. The molecule has 0 saturated heterocycles. The summed E-state index contributed by atoms with van der Waals surface area (Å²) in [6, 6.07) is 14.0. The Morgan fingerprint density at radius 1 is 1.13 bits per heavy atom. The third kappa shape index (κ3) is 3.44. The second-order valence-corrected chi connectivity index (χ2v) is 6.46. The fourth-order valence-electron chi connectivity index (χ4n) is 2.22. The van der Waals surface area contributed by atoms with Crippen molar-refractivity contribution in [1.29, 1.82) is 0 Å². The van der Waals surface area contributed by atoms with Crippen LogP contribution in [0.5, 0.6) is 0 Å². The predicted octanol–water partition coefficient (Wildman–Crippen LogP) is 5.77. The standard InChI is InChI=1S/C18H13ClFNOS/c1-11-2-4-12(5-3-11)14-8-9-23-17(14)18(22)21-16-7-6-13(19)10-15(16)20/h2-10H,1H3,(H,21,22). The summed E-state index contributed by atoms with van der Waals surface area (Å²) >= 11 is 7.04. The molecule has 0 atom stereocenters. The van der Waals surface area contributed by atoms with Gasteiger partial charge in [-0.3, -0.25) is 4.79 Å². The number of carbonyl (C=O) groups excluding carboxylic acids is 1. The van der Waals surface area contributed by atoms with E-state index in [-0.39, 0.29) is 16.6 Å². The molecule has 3 aromatic rings. The SMILES string of the molecule is Cc1ccc(-c2ccsc2C(=O)Nc2ccc(Cl)cc2F)cc1. The molecule has 3 rings (SSSR count). The number of benzene rings is 2. The Labute approximate surface area is 142 Å². The summed E-state index contributed by atoms with van der Waals surface area (Å²) in [6.45, 7) is 2.01. The van der Waals surface area contributed by atoms with Crippen LogP contribution in [0.15, 0.2) is 53.9 Å². The highest BCUT2D eigenvalue weighted by atomic mass is 35.5. The van der Waals surface area contributed by atoms with E-state index in [0.29, 0.717) is 4.88 Å². The van der Waals surface area contributed by atoms with E-state index in [2.05, 4.69) is 5.32 Å². The third-order valence-electron chi connectivity index (χ3n) is 3.41. The van der Waals surface area contributed by atoms with Crippen molar-refractivity contribution in [3.63, 3.8) is 0 Å². The molecule has 2 aromatic carbocycles. The van der Waals surface area contributed by atoms with Crippen molar-refractivity contribution in [3.8, 4) is 11.1 Å². The molecule has 0 saturated carbocycles. The Kier molecular flexibility index (Phi) is 4.46. The van der Waals surface area contributed by atoms with Crippen molar-refractivity contribution in [3.05, 3.63) is 75.2 Å². The summed E-state index contributed by atoms with van der Waals surface area (Å²) in [4.78, 5) is 13.0. The third-order valence-corrected chi connectivity index (χ3v) is 4.56. The van der Waals surface area contributed by atoms with Gasteiger partial charge in [-0.05, 0) is 42.1 Å². The lowest BCUT2D eigenvalue weighted by molar-refractivity contribution is 0.103. The van der Waals surface area contributed by atoms with Gasteiger partial charge in [-0.1, -0.05) is 41.4 Å². The van der Waals surface area contributed by atoms with E-state index in [0.717, 1.165) is 16.7 Å². The van der Waals surface area contributed by atoms with Crippen molar-refractivity contribution in [2.24, 2.45) is 0 Å². The average molecular weight is 346 g/mol. The van der Waals surface area contributed by atoms with E-state index in [1.807, 2.05) is 42.6 Å². The van der Waals surface area contributed by atoms with Crippen LogP contribution in [0.2, 0.25) is 5.02 Å². The number of rotatable bonds is 3. The van der Waals surface area contributed by atoms with E-state index in [9.17, 15) is 9.18 Å². The first-order chi connectivity index (χ1) is 11.0.